The van der Waals surface area contributed by atoms with Crippen molar-refractivity contribution in [3.05, 3.63) is 62.6 Å². The van der Waals surface area contributed by atoms with E-state index in [1.165, 1.54) is 12.1 Å². The minimum Gasteiger partial charge on any atom is -0.456 e. The maximum Gasteiger partial charge on any atom is 0.308 e. The second-order valence-electron chi connectivity index (χ2n) is 5.26. The molecule has 0 aliphatic heterocycles. The lowest BCUT2D eigenvalue weighted by molar-refractivity contribution is -0.384. The third kappa shape index (κ3) is 6.12. The van der Waals surface area contributed by atoms with Crippen LogP contribution < -0.4 is 10.6 Å². The number of nitrogens with one attached hydrogen (secondary N) is 2. The average Bonchev–Trinajstić information content (AvgIpc) is 2.63. The number of carbonyl (C=O) groups is 2. The minimum absolute atomic E-state index is 0.0772. The quantitative estimate of drug-likeness (QED) is 0.387. The van der Waals surface area contributed by atoms with Crippen molar-refractivity contribution in [1.29, 1.82) is 0 Å². The first-order valence-electron chi connectivity index (χ1n) is 7.75. The molecule has 27 heavy (non-hydrogen) atoms. The van der Waals surface area contributed by atoms with Crippen LogP contribution >= 0.6 is 23.2 Å². The number of carbonyl (C=O) groups excluding carboxylic acids is 2. The van der Waals surface area contributed by atoms with Crippen molar-refractivity contribution in [1.82, 2.24) is 0 Å². The van der Waals surface area contributed by atoms with Gasteiger partial charge >= 0.3 is 5.97 Å². The third-order valence-electron chi connectivity index (χ3n) is 3.34. The maximum atomic E-state index is 11.8. The number of anilines is 2. The van der Waals surface area contributed by atoms with E-state index >= 15 is 0 Å². The zero-order chi connectivity index (χ0) is 19.8. The van der Waals surface area contributed by atoms with E-state index in [0.29, 0.717) is 5.69 Å². The fourth-order valence-corrected chi connectivity index (χ4v) is 2.58. The monoisotopic (exact) mass is 411 g/mol. The second-order valence-corrected chi connectivity index (χ2v) is 6.07. The highest BCUT2D eigenvalue weighted by Crippen LogP contribution is 2.29. The van der Waals surface area contributed by atoms with Crippen LogP contribution in [0.15, 0.2) is 42.5 Å². The molecule has 0 fully saturated rings. The van der Waals surface area contributed by atoms with Crippen molar-refractivity contribution in [3.8, 4) is 0 Å². The number of amides is 1. The number of para-hydroxylation sites is 3. The summed E-state index contributed by atoms with van der Waals surface area (Å²) in [5, 5.41) is 16.7. The molecule has 1 amide bonds. The summed E-state index contributed by atoms with van der Waals surface area (Å²) >= 11 is 11.9. The van der Waals surface area contributed by atoms with E-state index in [4.69, 9.17) is 27.9 Å². The van der Waals surface area contributed by atoms with Crippen molar-refractivity contribution in [2.75, 3.05) is 23.8 Å². The van der Waals surface area contributed by atoms with E-state index in [-0.39, 0.29) is 34.4 Å². The Morgan fingerprint density at radius 2 is 1.74 bits per heavy atom. The van der Waals surface area contributed by atoms with E-state index in [1.54, 1.807) is 30.3 Å². The molecule has 0 saturated carbocycles. The first-order chi connectivity index (χ1) is 12.9. The van der Waals surface area contributed by atoms with Gasteiger partial charge in [0, 0.05) is 12.6 Å². The summed E-state index contributed by atoms with van der Waals surface area (Å²) in [7, 11) is 0. The third-order valence-corrected chi connectivity index (χ3v) is 3.97. The molecule has 10 heteroatoms. The summed E-state index contributed by atoms with van der Waals surface area (Å²) < 4.78 is 4.86. The van der Waals surface area contributed by atoms with E-state index in [2.05, 4.69) is 10.6 Å². The second kappa shape index (κ2) is 9.75. The number of hydrogen-bond donors (Lipinski definition) is 2. The number of nitro groups is 1. The van der Waals surface area contributed by atoms with Crippen LogP contribution in [0.5, 0.6) is 0 Å². The molecule has 0 heterocycles. The summed E-state index contributed by atoms with van der Waals surface area (Å²) in [5.74, 6) is -1.23. The normalized spacial score (nSPS) is 10.1. The highest BCUT2D eigenvalue weighted by Gasteiger charge is 2.14. The Kier molecular flexibility index (Phi) is 7.39. The summed E-state index contributed by atoms with van der Waals surface area (Å²) in [5.41, 5.74) is 0.434. The van der Waals surface area contributed by atoms with Gasteiger partial charge in [-0.25, -0.2) is 0 Å². The lowest BCUT2D eigenvalue weighted by atomic mass is 10.2. The molecule has 2 rings (SSSR count). The highest BCUT2D eigenvalue weighted by molar-refractivity contribution is 6.39. The minimum atomic E-state index is -0.638. The summed E-state index contributed by atoms with van der Waals surface area (Å²) in [6.07, 6.45) is -0.0772. The van der Waals surface area contributed by atoms with Gasteiger partial charge in [0.05, 0.1) is 27.1 Å². The van der Waals surface area contributed by atoms with Crippen molar-refractivity contribution in [2.24, 2.45) is 0 Å². The Labute approximate surface area is 164 Å². The van der Waals surface area contributed by atoms with Gasteiger partial charge in [-0.05, 0) is 18.2 Å². The largest absolute Gasteiger partial charge is 0.456 e. The summed E-state index contributed by atoms with van der Waals surface area (Å²) in [6.45, 7) is -0.395. The van der Waals surface area contributed by atoms with E-state index in [1.807, 2.05) is 0 Å². The highest BCUT2D eigenvalue weighted by atomic mass is 35.5. The van der Waals surface area contributed by atoms with Gasteiger partial charge in [0.15, 0.2) is 6.61 Å². The Morgan fingerprint density at radius 1 is 1.07 bits per heavy atom. The zero-order valence-electron chi connectivity index (χ0n) is 13.9. The van der Waals surface area contributed by atoms with Gasteiger partial charge in [0.25, 0.3) is 11.6 Å². The fourth-order valence-electron chi connectivity index (χ4n) is 2.09. The number of ether oxygens (including phenoxy) is 1. The first kappa shape index (κ1) is 20.5. The smallest absolute Gasteiger partial charge is 0.308 e. The standard InChI is InChI=1S/C17H15Cl2N3O5/c18-11-4-3-5-12(19)17(11)21-15(23)10-27-16(24)8-9-20-13-6-1-2-7-14(13)22(25)26/h1-7,20H,8-10H2,(H,21,23). The fraction of sp³-hybridized carbons (Fsp3) is 0.176. The molecule has 0 bridgehead atoms. The molecule has 142 valence electrons. The van der Waals surface area contributed by atoms with Gasteiger partial charge in [-0.3, -0.25) is 19.7 Å². The van der Waals surface area contributed by atoms with Gasteiger partial charge in [-0.1, -0.05) is 41.4 Å². The van der Waals surface area contributed by atoms with Crippen LogP contribution in [0.2, 0.25) is 10.0 Å². The van der Waals surface area contributed by atoms with Gasteiger partial charge in [-0.15, -0.1) is 0 Å². The number of nitrogens with zero attached hydrogens (tertiary/aromatic N) is 1. The van der Waals surface area contributed by atoms with Crippen LogP contribution in [0.1, 0.15) is 6.42 Å². The molecule has 0 atom stereocenters. The molecule has 2 N–H and O–H groups in total. The Bertz CT molecular complexity index is 840. The average molecular weight is 412 g/mol. The van der Waals surface area contributed by atoms with Gasteiger partial charge in [0.1, 0.15) is 5.69 Å². The van der Waals surface area contributed by atoms with Crippen LogP contribution in [0.4, 0.5) is 17.1 Å². The van der Waals surface area contributed by atoms with Crippen LogP contribution in [-0.4, -0.2) is 30.0 Å². The molecule has 0 aliphatic carbocycles. The predicted octanol–water partition coefficient (Wildman–Crippen LogP) is 3.89. The number of hydrogen-bond acceptors (Lipinski definition) is 6. The SMILES string of the molecule is O=C(COC(=O)CCNc1ccccc1[N+](=O)[O-])Nc1c(Cl)cccc1Cl. The number of nitro benzene ring substituents is 1. The van der Waals surface area contributed by atoms with E-state index in [0.717, 1.165) is 0 Å². The number of halogens is 2. The molecule has 0 aliphatic rings. The van der Waals surface area contributed by atoms with Crippen molar-refractivity contribution < 1.29 is 19.2 Å². The van der Waals surface area contributed by atoms with Crippen LogP contribution in [0.3, 0.4) is 0 Å². The molecule has 2 aromatic carbocycles. The Balaban J connectivity index is 1.77. The maximum absolute atomic E-state index is 11.8. The molecule has 0 radical (unpaired) electrons. The van der Waals surface area contributed by atoms with Crippen molar-refractivity contribution in [2.45, 2.75) is 6.42 Å². The first-order valence-corrected chi connectivity index (χ1v) is 8.51. The van der Waals surface area contributed by atoms with E-state index < -0.39 is 23.4 Å². The van der Waals surface area contributed by atoms with Crippen LogP contribution in [0.25, 0.3) is 0 Å². The molecule has 0 unspecified atom stereocenters. The molecule has 0 spiro atoms. The summed E-state index contributed by atoms with van der Waals surface area (Å²) in [4.78, 5) is 33.9. The lowest BCUT2D eigenvalue weighted by Gasteiger charge is -2.10. The van der Waals surface area contributed by atoms with Gasteiger partial charge in [0.2, 0.25) is 0 Å². The van der Waals surface area contributed by atoms with E-state index in [9.17, 15) is 19.7 Å². The molecule has 2 aromatic rings. The van der Waals surface area contributed by atoms with Crippen LogP contribution in [-0.2, 0) is 14.3 Å². The Hall–Kier alpha value is -2.84. The molecule has 0 saturated heterocycles. The molecular formula is C17H15Cl2N3O5. The van der Waals surface area contributed by atoms with Crippen molar-refractivity contribution >= 4 is 52.1 Å². The number of esters is 1. The van der Waals surface area contributed by atoms with Crippen LogP contribution in [0, 0.1) is 10.1 Å². The zero-order valence-corrected chi connectivity index (χ0v) is 15.4. The predicted molar refractivity (Wildman–Crippen MR) is 102 cm³/mol. The molecule has 0 aromatic heterocycles. The van der Waals surface area contributed by atoms with Gasteiger partial charge in [-0.2, -0.15) is 0 Å². The topological polar surface area (TPSA) is 111 Å². The van der Waals surface area contributed by atoms with Gasteiger partial charge < -0.3 is 15.4 Å². The Morgan fingerprint density at radius 3 is 2.41 bits per heavy atom. The van der Waals surface area contributed by atoms with Crippen molar-refractivity contribution in [3.63, 3.8) is 0 Å². The number of benzene rings is 2. The summed E-state index contributed by atoms with van der Waals surface area (Å²) in [6, 6.07) is 10.8. The molecule has 8 nitrogen and oxygen atoms in total. The number of rotatable bonds is 8. The lowest BCUT2D eigenvalue weighted by Crippen LogP contribution is -2.22. The molecular weight excluding hydrogens is 397 g/mol.